The molecule has 50 heavy (non-hydrogen) atoms. The molecule has 4 nitrogen and oxygen atoms in total. The van der Waals surface area contributed by atoms with Gasteiger partial charge < -0.3 is 0 Å². The van der Waals surface area contributed by atoms with Gasteiger partial charge in [-0.15, -0.1) is 0 Å². The number of allylic oxidation sites excluding steroid dienone is 2. The standard InChI is InChI=1S/2C20H21.C2H3BN2O2.2ClH.Hf/c2*1-13(2)17-11-16-8-6-10-19(20(16)12-17)18-9-5-7-14(3)15(18)4;6-1-4-3-5-2-7;;;/h2*5-13H,1-4H3;1-2H,(H-,4,5,6,7);2*1H;/q;;;;;+1/p-1. The summed E-state index contributed by atoms with van der Waals surface area (Å²) in [6.07, 6.45) is 5.85. The second-order valence-corrected chi connectivity index (χ2v) is 45.2. The minimum absolute atomic E-state index is 0.0913. The van der Waals surface area contributed by atoms with Gasteiger partial charge in [0, 0.05) is 0 Å². The van der Waals surface area contributed by atoms with E-state index in [1.807, 2.05) is 0 Å². The van der Waals surface area contributed by atoms with Gasteiger partial charge in [0.25, 0.3) is 0 Å². The van der Waals surface area contributed by atoms with Gasteiger partial charge in [-0.05, 0) is 0 Å². The molecule has 0 bridgehead atoms. The third kappa shape index (κ3) is 5.70. The Balaban J connectivity index is 1.70. The summed E-state index contributed by atoms with van der Waals surface area (Å²) in [6, 6.07) is 25.7. The van der Waals surface area contributed by atoms with Crippen LogP contribution in [0.1, 0.15) is 79.6 Å². The molecule has 2 unspecified atom stereocenters. The van der Waals surface area contributed by atoms with E-state index in [4.69, 9.17) is 17.2 Å². The van der Waals surface area contributed by atoms with Crippen LogP contribution >= 0.6 is 17.2 Å². The Hall–Kier alpha value is -3.18. The molecule has 2 N–H and O–H groups in total. The molecule has 0 fully saturated rings. The maximum absolute atomic E-state index is 12.5. The third-order valence-corrected chi connectivity index (χ3v) is 39.9. The number of hydrogen-bond acceptors (Lipinski definition) is 2. The van der Waals surface area contributed by atoms with Crippen molar-refractivity contribution < 1.29 is 25.5 Å². The molecular weight excluding hydrogens is 825 g/mol. The Kier molecular flexibility index (Phi) is 10.1. The maximum atomic E-state index is 12.5. The van der Waals surface area contributed by atoms with E-state index in [1.54, 1.807) is 0 Å². The first kappa shape index (κ1) is 36.6. The summed E-state index contributed by atoms with van der Waals surface area (Å²) in [6.45, 7) is 17.3. The molecule has 2 atom stereocenters. The number of hydrogen-bond donors (Lipinski definition) is 2. The summed E-state index contributed by atoms with van der Waals surface area (Å²) in [5.41, 5.74) is 16.1. The van der Waals surface area contributed by atoms with Crippen molar-refractivity contribution in [2.75, 3.05) is 0 Å². The molecule has 0 heterocycles. The molecule has 4 aromatic carbocycles. The normalized spacial score (nSPS) is 17.4. The Morgan fingerprint density at radius 3 is 1.32 bits per heavy atom. The predicted molar refractivity (Wildman–Crippen MR) is 210 cm³/mol. The zero-order valence-corrected chi connectivity index (χ0v) is 35.3. The van der Waals surface area contributed by atoms with Crippen molar-refractivity contribution in [2.45, 2.75) is 62.7 Å². The van der Waals surface area contributed by atoms with Crippen LogP contribution in [0.15, 0.2) is 83.9 Å². The molecule has 0 saturated carbocycles. The van der Waals surface area contributed by atoms with E-state index in [9.17, 15) is 9.59 Å². The summed E-state index contributed by atoms with van der Waals surface area (Å²) >= 11 is -6.04. The fourth-order valence-electron chi connectivity index (χ4n) is 8.64. The fourth-order valence-corrected chi connectivity index (χ4v) is 38.7. The average Bonchev–Trinajstić information content (AvgIpc) is 3.69. The fraction of sp³-hybridized carbons (Fsp3) is 0.286. The van der Waals surface area contributed by atoms with Crippen molar-refractivity contribution in [2.24, 2.45) is 11.8 Å². The van der Waals surface area contributed by atoms with Crippen molar-refractivity contribution in [3.63, 3.8) is 0 Å². The third-order valence-electron chi connectivity index (χ3n) is 11.4. The quantitative estimate of drug-likeness (QED) is 0.117. The molecule has 0 aromatic heterocycles. The topological polar surface area (TPSA) is 58.2 Å². The molecular formula is C42H46BCl2HfN2O2. The molecule has 2 aliphatic carbocycles. The van der Waals surface area contributed by atoms with E-state index in [0.717, 1.165) is 44.5 Å². The number of nitrogens with one attached hydrogen (secondary N) is 2. The molecule has 4 aromatic rings. The summed E-state index contributed by atoms with van der Waals surface area (Å²) in [5, 5.41) is 5.96. The van der Waals surface area contributed by atoms with Gasteiger partial charge >= 0.3 is 308 Å². The SMILES string of the molecule is Cc1cccc(-c2cccc3c2C=C(C(C)C)[CH]3[Hf]([Cl])([Cl])([B](NC=O)NC=O)[CH]2C(C(C)C)=Cc3c(-c4cccc(C)c4C)cccc32)c1C. The van der Waals surface area contributed by atoms with Gasteiger partial charge in [0.2, 0.25) is 0 Å². The van der Waals surface area contributed by atoms with Crippen molar-refractivity contribution in [3.8, 4) is 22.3 Å². The van der Waals surface area contributed by atoms with E-state index in [0.29, 0.717) is 12.8 Å². The number of carbonyl (C=O) groups is 2. The van der Waals surface area contributed by atoms with Crippen LogP contribution in [0.2, 0.25) is 0 Å². The average molecular weight is 871 g/mol. The number of aryl methyl sites for hydroxylation is 2. The first-order chi connectivity index (χ1) is 23.8. The van der Waals surface area contributed by atoms with Crippen LogP contribution in [0.5, 0.6) is 0 Å². The first-order valence-corrected chi connectivity index (χ1v) is 32.7. The van der Waals surface area contributed by atoms with E-state index in [-0.39, 0.29) is 11.8 Å². The second-order valence-electron chi connectivity index (χ2n) is 14.8. The predicted octanol–water partition coefficient (Wildman–Crippen LogP) is 10.6. The van der Waals surface area contributed by atoms with Crippen molar-refractivity contribution in [1.82, 2.24) is 10.5 Å². The molecule has 2 aliphatic rings. The number of amides is 2. The van der Waals surface area contributed by atoms with Crippen LogP contribution < -0.4 is 10.5 Å². The van der Waals surface area contributed by atoms with Gasteiger partial charge in [-0.1, -0.05) is 0 Å². The molecule has 0 spiro atoms. The molecule has 0 saturated heterocycles. The molecule has 0 aliphatic heterocycles. The van der Waals surface area contributed by atoms with Gasteiger partial charge in [-0.2, -0.15) is 0 Å². The van der Waals surface area contributed by atoms with Gasteiger partial charge in [0.05, 0.1) is 0 Å². The van der Waals surface area contributed by atoms with Crippen molar-refractivity contribution in [1.29, 1.82) is 0 Å². The number of halogens is 2. The number of benzene rings is 4. The van der Waals surface area contributed by atoms with Crippen LogP contribution in [0, 0.1) is 39.5 Å². The van der Waals surface area contributed by atoms with Gasteiger partial charge in [0.15, 0.2) is 0 Å². The first-order valence-electron chi connectivity index (χ1n) is 17.5. The zero-order valence-electron chi connectivity index (χ0n) is 30.2. The summed E-state index contributed by atoms with van der Waals surface area (Å²) < 4.78 is -1.75. The van der Waals surface area contributed by atoms with E-state index >= 15 is 0 Å². The van der Waals surface area contributed by atoms with Crippen LogP contribution in [0.25, 0.3) is 34.4 Å². The monoisotopic (exact) mass is 871 g/mol. The van der Waals surface area contributed by atoms with Crippen molar-refractivity contribution >= 4 is 46.7 Å². The second kappa shape index (κ2) is 13.7. The van der Waals surface area contributed by atoms with Crippen LogP contribution in [-0.2, 0) is 25.5 Å². The minimum atomic E-state index is -6.04. The zero-order chi connectivity index (χ0) is 36.1. The van der Waals surface area contributed by atoms with Gasteiger partial charge in [0.1, 0.15) is 0 Å². The molecule has 8 heteroatoms. The van der Waals surface area contributed by atoms with Crippen molar-refractivity contribution in [3.05, 3.63) is 128 Å². The van der Waals surface area contributed by atoms with Crippen LogP contribution in [0.3, 0.4) is 0 Å². The Labute approximate surface area is 305 Å². The van der Waals surface area contributed by atoms with Crippen LogP contribution in [0.4, 0.5) is 0 Å². The summed E-state index contributed by atoms with van der Waals surface area (Å²) in [5.74, 6) is 0.183. The van der Waals surface area contributed by atoms with Crippen LogP contribution in [-0.4, -0.2) is 17.4 Å². The number of fused-ring (bicyclic) bond motifs is 2. The Bertz CT molecular complexity index is 1940. The van der Waals surface area contributed by atoms with E-state index in [2.05, 4.69) is 151 Å². The summed E-state index contributed by atoms with van der Waals surface area (Å²) in [4.78, 5) is 24.9. The molecule has 0 radical (unpaired) electrons. The van der Waals surface area contributed by atoms with Gasteiger partial charge in [-0.3, -0.25) is 0 Å². The summed E-state index contributed by atoms with van der Waals surface area (Å²) in [7, 11) is 17.3. The molecule has 6 rings (SSSR count). The Morgan fingerprint density at radius 1 is 0.600 bits per heavy atom. The van der Waals surface area contributed by atoms with Gasteiger partial charge in [-0.25, -0.2) is 0 Å². The Morgan fingerprint density at radius 2 is 0.960 bits per heavy atom. The van der Waals surface area contributed by atoms with E-state index in [1.165, 1.54) is 33.4 Å². The number of rotatable bonds is 11. The number of carbonyl (C=O) groups excluding carboxylic acids is 2. The molecule has 2 amide bonds. The van der Waals surface area contributed by atoms with E-state index < -0.39 is 27.8 Å². The molecule has 257 valence electrons.